The Morgan fingerprint density at radius 2 is 1.94 bits per heavy atom. The summed E-state index contributed by atoms with van der Waals surface area (Å²) in [5.74, 6) is -0.430. The van der Waals surface area contributed by atoms with Crippen molar-refractivity contribution in [3.05, 3.63) is 63.2 Å². The molecule has 0 spiro atoms. The second-order valence-corrected chi connectivity index (χ2v) is 4.79. The van der Waals surface area contributed by atoms with Gasteiger partial charge in [-0.2, -0.15) is 0 Å². The van der Waals surface area contributed by atoms with Crippen LogP contribution in [0.1, 0.15) is 0 Å². The van der Waals surface area contributed by atoms with Crippen LogP contribution in [0.25, 0.3) is 16.7 Å². The molecule has 0 amide bonds. The Labute approximate surface area is 110 Å². The van der Waals surface area contributed by atoms with Crippen molar-refractivity contribution in [3.8, 4) is 5.69 Å². The normalized spacial score (nSPS) is 11.0. The third kappa shape index (κ3) is 1.67. The zero-order chi connectivity index (χ0) is 12.7. The van der Waals surface area contributed by atoms with Crippen molar-refractivity contribution in [2.45, 2.75) is 0 Å². The molecule has 0 unspecified atom stereocenters. The van der Waals surface area contributed by atoms with E-state index in [-0.39, 0.29) is 11.4 Å². The molecular weight excluding hydrogens is 299 g/mol. The van der Waals surface area contributed by atoms with Gasteiger partial charge in [-0.25, -0.2) is 9.18 Å². The molecule has 3 aromatic rings. The maximum Gasteiger partial charge on any atom is 0.331 e. The number of rotatable bonds is 1. The first kappa shape index (κ1) is 11.2. The van der Waals surface area contributed by atoms with Crippen molar-refractivity contribution in [1.29, 1.82) is 0 Å². The molecule has 0 radical (unpaired) electrons. The minimum Gasteiger partial charge on any atom is -0.305 e. The molecule has 5 heteroatoms. The maximum atomic E-state index is 13.8. The number of benzene rings is 2. The average Bonchev–Trinajstić information content (AvgIpc) is 2.66. The molecular formula is C13H8BrFN2O. The molecule has 2 aromatic carbocycles. The van der Waals surface area contributed by atoms with Gasteiger partial charge in [-0.3, -0.25) is 4.57 Å². The Hall–Kier alpha value is -1.88. The van der Waals surface area contributed by atoms with Crippen LogP contribution >= 0.6 is 15.9 Å². The van der Waals surface area contributed by atoms with E-state index in [0.29, 0.717) is 11.0 Å². The monoisotopic (exact) mass is 306 g/mol. The number of hydrogen-bond acceptors (Lipinski definition) is 1. The van der Waals surface area contributed by atoms with Crippen LogP contribution in [0.4, 0.5) is 4.39 Å². The van der Waals surface area contributed by atoms with Gasteiger partial charge in [0.05, 0.1) is 16.7 Å². The van der Waals surface area contributed by atoms with Gasteiger partial charge in [0.25, 0.3) is 0 Å². The summed E-state index contributed by atoms with van der Waals surface area (Å²) in [4.78, 5) is 14.6. The molecule has 0 aliphatic heterocycles. The van der Waals surface area contributed by atoms with Crippen molar-refractivity contribution in [1.82, 2.24) is 9.55 Å². The minimum absolute atomic E-state index is 0.242. The standard InChI is InChI=1S/C13H8BrFN2O/c14-8-5-6-10-12(7-8)17(13(18)16-10)11-4-2-1-3-9(11)15/h1-7H,(H,16,18). The van der Waals surface area contributed by atoms with Gasteiger partial charge in [-0.05, 0) is 30.3 Å². The molecule has 0 saturated carbocycles. The second-order valence-electron chi connectivity index (χ2n) is 3.88. The van der Waals surface area contributed by atoms with Crippen LogP contribution in [0.15, 0.2) is 51.7 Å². The summed E-state index contributed by atoms with van der Waals surface area (Å²) in [6, 6.07) is 11.6. The fourth-order valence-electron chi connectivity index (χ4n) is 1.95. The topological polar surface area (TPSA) is 37.8 Å². The third-order valence-electron chi connectivity index (χ3n) is 2.74. The molecule has 0 aliphatic carbocycles. The van der Waals surface area contributed by atoms with Crippen molar-refractivity contribution in [2.24, 2.45) is 0 Å². The van der Waals surface area contributed by atoms with E-state index in [2.05, 4.69) is 20.9 Å². The number of aromatic nitrogens is 2. The zero-order valence-electron chi connectivity index (χ0n) is 9.15. The molecule has 1 heterocycles. The van der Waals surface area contributed by atoms with Crippen molar-refractivity contribution in [3.63, 3.8) is 0 Å². The van der Waals surface area contributed by atoms with E-state index < -0.39 is 5.82 Å². The Morgan fingerprint density at radius 1 is 1.17 bits per heavy atom. The number of imidazole rings is 1. The molecule has 0 bridgehead atoms. The molecule has 0 atom stereocenters. The van der Waals surface area contributed by atoms with Gasteiger partial charge in [0.1, 0.15) is 5.82 Å². The number of fused-ring (bicyclic) bond motifs is 1. The van der Waals surface area contributed by atoms with Crippen LogP contribution < -0.4 is 5.69 Å². The van der Waals surface area contributed by atoms with E-state index in [1.54, 1.807) is 30.3 Å². The molecule has 3 rings (SSSR count). The summed E-state index contributed by atoms with van der Waals surface area (Å²) in [6.07, 6.45) is 0. The van der Waals surface area contributed by atoms with Gasteiger partial charge in [0, 0.05) is 4.47 Å². The lowest BCUT2D eigenvalue weighted by Gasteiger charge is -2.04. The Bertz CT molecular complexity index is 791. The molecule has 1 N–H and O–H groups in total. The molecule has 0 aliphatic rings. The number of hydrogen-bond donors (Lipinski definition) is 1. The van der Waals surface area contributed by atoms with Crippen LogP contribution in [-0.2, 0) is 0 Å². The van der Waals surface area contributed by atoms with Crippen molar-refractivity contribution >= 4 is 27.0 Å². The lowest BCUT2D eigenvalue weighted by Crippen LogP contribution is -2.15. The van der Waals surface area contributed by atoms with E-state index in [4.69, 9.17) is 0 Å². The van der Waals surface area contributed by atoms with Crippen LogP contribution in [0.2, 0.25) is 0 Å². The van der Waals surface area contributed by atoms with Crippen LogP contribution in [0, 0.1) is 5.82 Å². The molecule has 0 fully saturated rings. The number of halogens is 2. The lowest BCUT2D eigenvalue weighted by molar-refractivity contribution is 0.618. The minimum atomic E-state index is -0.430. The number of nitrogens with zero attached hydrogens (tertiary/aromatic N) is 1. The summed E-state index contributed by atoms with van der Waals surface area (Å²) in [5.41, 5.74) is 1.20. The van der Waals surface area contributed by atoms with E-state index in [0.717, 1.165) is 4.47 Å². The van der Waals surface area contributed by atoms with Crippen molar-refractivity contribution in [2.75, 3.05) is 0 Å². The SMILES string of the molecule is O=c1[nH]c2ccc(Br)cc2n1-c1ccccc1F. The first-order valence-electron chi connectivity index (χ1n) is 5.32. The maximum absolute atomic E-state index is 13.8. The number of aromatic amines is 1. The third-order valence-corrected chi connectivity index (χ3v) is 3.23. The lowest BCUT2D eigenvalue weighted by atomic mass is 10.2. The van der Waals surface area contributed by atoms with Crippen LogP contribution in [0.5, 0.6) is 0 Å². The summed E-state index contributed by atoms with van der Waals surface area (Å²) >= 11 is 3.34. The van der Waals surface area contributed by atoms with Gasteiger partial charge in [0.15, 0.2) is 0 Å². The van der Waals surface area contributed by atoms with E-state index >= 15 is 0 Å². The first-order chi connectivity index (χ1) is 8.66. The fourth-order valence-corrected chi connectivity index (χ4v) is 2.30. The zero-order valence-corrected chi connectivity index (χ0v) is 10.7. The highest BCUT2D eigenvalue weighted by atomic mass is 79.9. The van der Waals surface area contributed by atoms with E-state index in [9.17, 15) is 9.18 Å². The van der Waals surface area contributed by atoms with Crippen LogP contribution in [-0.4, -0.2) is 9.55 Å². The molecule has 3 nitrogen and oxygen atoms in total. The van der Waals surface area contributed by atoms with Crippen molar-refractivity contribution < 1.29 is 4.39 Å². The highest BCUT2D eigenvalue weighted by molar-refractivity contribution is 9.10. The predicted molar refractivity (Wildman–Crippen MR) is 71.6 cm³/mol. The Balaban J connectivity index is 2.42. The Kier molecular flexibility index (Phi) is 2.56. The van der Waals surface area contributed by atoms with Gasteiger partial charge in [0.2, 0.25) is 0 Å². The summed E-state index contributed by atoms with van der Waals surface area (Å²) < 4.78 is 15.9. The molecule has 1 aromatic heterocycles. The second kappa shape index (κ2) is 4.10. The number of para-hydroxylation sites is 1. The van der Waals surface area contributed by atoms with Gasteiger partial charge in [-0.15, -0.1) is 0 Å². The number of H-pyrrole nitrogens is 1. The summed E-state index contributed by atoms with van der Waals surface area (Å²) in [5, 5.41) is 0. The van der Waals surface area contributed by atoms with Gasteiger partial charge in [-0.1, -0.05) is 28.1 Å². The van der Waals surface area contributed by atoms with Crippen LogP contribution in [0.3, 0.4) is 0 Å². The quantitative estimate of drug-likeness (QED) is 0.736. The van der Waals surface area contributed by atoms with E-state index in [1.165, 1.54) is 10.6 Å². The highest BCUT2D eigenvalue weighted by Crippen LogP contribution is 2.21. The largest absolute Gasteiger partial charge is 0.331 e. The van der Waals surface area contributed by atoms with E-state index in [1.807, 2.05) is 6.07 Å². The summed E-state index contributed by atoms with van der Waals surface area (Å²) in [6.45, 7) is 0. The highest BCUT2D eigenvalue weighted by Gasteiger charge is 2.11. The van der Waals surface area contributed by atoms with Gasteiger partial charge >= 0.3 is 5.69 Å². The molecule has 90 valence electrons. The fraction of sp³-hybridized carbons (Fsp3) is 0. The molecule has 18 heavy (non-hydrogen) atoms. The Morgan fingerprint density at radius 3 is 2.72 bits per heavy atom. The molecule has 0 saturated heterocycles. The summed E-state index contributed by atoms with van der Waals surface area (Å²) in [7, 11) is 0. The van der Waals surface area contributed by atoms with Gasteiger partial charge < -0.3 is 4.98 Å². The average molecular weight is 307 g/mol. The first-order valence-corrected chi connectivity index (χ1v) is 6.11. The number of nitrogens with one attached hydrogen (secondary N) is 1. The smallest absolute Gasteiger partial charge is 0.305 e. The predicted octanol–water partition coefficient (Wildman–Crippen LogP) is 3.22.